The van der Waals surface area contributed by atoms with Gasteiger partial charge in [-0.05, 0) is 31.0 Å². The molecule has 0 saturated heterocycles. The summed E-state index contributed by atoms with van der Waals surface area (Å²) in [6.45, 7) is 15.4. The largest absolute Gasteiger partial charge is 0.417 e. The summed E-state index contributed by atoms with van der Waals surface area (Å²) >= 11 is 0. The molecular formula is C12H26O2Si. The average Bonchev–Trinajstić information content (AvgIpc) is 2.01. The van der Waals surface area contributed by atoms with Crippen LogP contribution in [-0.2, 0) is 4.43 Å². The van der Waals surface area contributed by atoms with E-state index in [0.717, 1.165) is 0 Å². The predicted molar refractivity (Wildman–Crippen MR) is 68.6 cm³/mol. The van der Waals surface area contributed by atoms with Crippen molar-refractivity contribution in [3.63, 3.8) is 0 Å². The Kier molecular flexibility index (Phi) is 5.78. The molecule has 1 N–H and O–H groups in total. The summed E-state index contributed by atoms with van der Waals surface area (Å²) in [7, 11) is -1.63. The number of rotatable bonds is 6. The minimum absolute atomic E-state index is 0.246. The van der Waals surface area contributed by atoms with Crippen molar-refractivity contribution in [2.24, 2.45) is 0 Å². The Bertz CT molecular complexity index is 194. The van der Waals surface area contributed by atoms with Gasteiger partial charge in [0.15, 0.2) is 8.32 Å². The maximum atomic E-state index is 9.51. The van der Waals surface area contributed by atoms with Gasteiger partial charge in [0, 0.05) is 6.61 Å². The smallest absolute Gasteiger partial charge is 0.191 e. The second-order valence-corrected chi connectivity index (χ2v) is 10.4. The van der Waals surface area contributed by atoms with Gasteiger partial charge in [-0.1, -0.05) is 26.8 Å². The minimum atomic E-state index is -1.63. The van der Waals surface area contributed by atoms with E-state index in [-0.39, 0.29) is 11.1 Å². The third kappa shape index (κ3) is 5.49. The van der Waals surface area contributed by atoms with Crippen LogP contribution in [0, 0.1) is 0 Å². The lowest BCUT2D eigenvalue weighted by atomic mass is 10.2. The van der Waals surface area contributed by atoms with E-state index in [1.165, 1.54) is 0 Å². The van der Waals surface area contributed by atoms with Crippen molar-refractivity contribution in [2.45, 2.75) is 57.8 Å². The van der Waals surface area contributed by atoms with Crippen LogP contribution in [0.15, 0.2) is 12.7 Å². The molecule has 0 rings (SSSR count). The van der Waals surface area contributed by atoms with E-state index in [2.05, 4.69) is 40.4 Å². The van der Waals surface area contributed by atoms with Gasteiger partial charge >= 0.3 is 0 Å². The first-order valence-electron chi connectivity index (χ1n) is 5.63. The highest BCUT2D eigenvalue weighted by atomic mass is 28.4. The van der Waals surface area contributed by atoms with Crippen molar-refractivity contribution in [1.29, 1.82) is 0 Å². The zero-order valence-electron chi connectivity index (χ0n) is 10.8. The number of hydrogen-bond acceptors (Lipinski definition) is 2. The van der Waals surface area contributed by atoms with Crippen molar-refractivity contribution in [3.05, 3.63) is 12.7 Å². The number of aliphatic hydroxyl groups is 1. The molecule has 0 aromatic heterocycles. The molecule has 0 amide bonds. The fraction of sp³-hybridized carbons (Fsp3) is 0.833. The summed E-state index contributed by atoms with van der Waals surface area (Å²) in [5.74, 6) is 0. The third-order valence-electron chi connectivity index (χ3n) is 3.16. The Morgan fingerprint density at radius 2 is 1.93 bits per heavy atom. The Balaban J connectivity index is 3.90. The molecule has 0 aromatic rings. The van der Waals surface area contributed by atoms with Crippen molar-refractivity contribution >= 4 is 8.32 Å². The Morgan fingerprint density at radius 1 is 1.40 bits per heavy atom. The lowest BCUT2D eigenvalue weighted by molar-refractivity contribution is 0.137. The van der Waals surface area contributed by atoms with E-state index < -0.39 is 8.32 Å². The molecule has 0 unspecified atom stereocenters. The summed E-state index contributed by atoms with van der Waals surface area (Å²) in [5, 5.41) is 9.76. The summed E-state index contributed by atoms with van der Waals surface area (Å²) in [4.78, 5) is 0. The molecule has 0 aliphatic rings. The van der Waals surface area contributed by atoms with E-state index >= 15 is 0 Å². The summed E-state index contributed by atoms with van der Waals surface area (Å²) in [5.41, 5.74) is 0. The van der Waals surface area contributed by atoms with Gasteiger partial charge in [0.1, 0.15) is 0 Å². The van der Waals surface area contributed by atoms with Crippen LogP contribution in [0.2, 0.25) is 18.1 Å². The molecule has 1 atom stereocenters. The second-order valence-electron chi connectivity index (χ2n) is 5.58. The fourth-order valence-electron chi connectivity index (χ4n) is 0.977. The molecule has 0 spiro atoms. The third-order valence-corrected chi connectivity index (χ3v) is 7.70. The number of aliphatic hydroxyl groups excluding tert-OH is 1. The van der Waals surface area contributed by atoms with Gasteiger partial charge in [-0.2, -0.15) is 0 Å². The average molecular weight is 230 g/mol. The van der Waals surface area contributed by atoms with Crippen LogP contribution in [0.1, 0.15) is 33.6 Å². The van der Waals surface area contributed by atoms with Gasteiger partial charge in [0.05, 0.1) is 6.10 Å². The van der Waals surface area contributed by atoms with Crippen molar-refractivity contribution in [3.8, 4) is 0 Å². The molecule has 0 aliphatic carbocycles. The van der Waals surface area contributed by atoms with Crippen LogP contribution in [0.4, 0.5) is 0 Å². The van der Waals surface area contributed by atoms with Crippen LogP contribution < -0.4 is 0 Å². The SMILES string of the molecule is C=CC[C@@H](O)CCO[Si](C)(C)C(C)(C)C. The zero-order chi connectivity index (χ0) is 12.1. The van der Waals surface area contributed by atoms with Crippen LogP contribution in [0.3, 0.4) is 0 Å². The van der Waals surface area contributed by atoms with Gasteiger partial charge < -0.3 is 9.53 Å². The molecule has 2 nitrogen and oxygen atoms in total. The molecule has 0 fully saturated rings. The molecular weight excluding hydrogens is 204 g/mol. The van der Waals surface area contributed by atoms with E-state index in [9.17, 15) is 5.11 Å². The van der Waals surface area contributed by atoms with Gasteiger partial charge in [-0.15, -0.1) is 6.58 Å². The Labute approximate surface area is 95.5 Å². The summed E-state index contributed by atoms with van der Waals surface area (Å²) < 4.78 is 5.96. The lowest BCUT2D eigenvalue weighted by Gasteiger charge is -2.36. The maximum Gasteiger partial charge on any atom is 0.191 e. The topological polar surface area (TPSA) is 29.5 Å². The zero-order valence-corrected chi connectivity index (χ0v) is 11.8. The fourth-order valence-corrected chi connectivity index (χ4v) is 2.04. The molecule has 0 saturated carbocycles. The van der Waals surface area contributed by atoms with Crippen LogP contribution in [0.25, 0.3) is 0 Å². The highest BCUT2D eigenvalue weighted by molar-refractivity contribution is 6.74. The highest BCUT2D eigenvalue weighted by Gasteiger charge is 2.36. The van der Waals surface area contributed by atoms with E-state index in [1.54, 1.807) is 6.08 Å². The normalized spacial score (nSPS) is 15.1. The molecule has 0 bridgehead atoms. The molecule has 0 radical (unpaired) electrons. The predicted octanol–water partition coefficient (Wildman–Crippen LogP) is 3.34. The molecule has 0 heterocycles. The lowest BCUT2D eigenvalue weighted by Crippen LogP contribution is -2.41. The van der Waals surface area contributed by atoms with Gasteiger partial charge in [0.2, 0.25) is 0 Å². The van der Waals surface area contributed by atoms with E-state index in [0.29, 0.717) is 19.4 Å². The van der Waals surface area contributed by atoms with Crippen molar-refractivity contribution < 1.29 is 9.53 Å². The van der Waals surface area contributed by atoms with Crippen LogP contribution in [0.5, 0.6) is 0 Å². The first-order valence-corrected chi connectivity index (χ1v) is 8.54. The quantitative estimate of drug-likeness (QED) is 0.560. The first kappa shape index (κ1) is 14.9. The van der Waals surface area contributed by atoms with Crippen molar-refractivity contribution in [1.82, 2.24) is 0 Å². The second kappa shape index (κ2) is 5.82. The molecule has 0 aliphatic heterocycles. The van der Waals surface area contributed by atoms with Crippen LogP contribution in [-0.4, -0.2) is 26.1 Å². The van der Waals surface area contributed by atoms with Gasteiger partial charge in [-0.25, -0.2) is 0 Å². The first-order chi connectivity index (χ1) is 6.70. The summed E-state index contributed by atoms with van der Waals surface area (Å²) in [6.07, 6.45) is 2.81. The van der Waals surface area contributed by atoms with Gasteiger partial charge in [-0.3, -0.25) is 0 Å². The molecule has 3 heteroatoms. The van der Waals surface area contributed by atoms with E-state index in [1.807, 2.05) is 0 Å². The van der Waals surface area contributed by atoms with Crippen molar-refractivity contribution in [2.75, 3.05) is 6.61 Å². The minimum Gasteiger partial charge on any atom is -0.417 e. The highest BCUT2D eigenvalue weighted by Crippen LogP contribution is 2.36. The van der Waals surface area contributed by atoms with E-state index in [4.69, 9.17) is 4.43 Å². The monoisotopic (exact) mass is 230 g/mol. The molecule has 15 heavy (non-hydrogen) atoms. The number of hydrogen-bond donors (Lipinski definition) is 1. The molecule has 90 valence electrons. The summed E-state index contributed by atoms with van der Waals surface area (Å²) in [6, 6.07) is 0. The van der Waals surface area contributed by atoms with Crippen LogP contribution >= 0.6 is 0 Å². The maximum absolute atomic E-state index is 9.51. The molecule has 0 aromatic carbocycles. The standard InChI is InChI=1S/C12H26O2Si/c1-7-8-11(13)9-10-14-15(5,6)12(2,3)4/h7,11,13H,1,8-10H2,2-6H3/t11-/m1/s1. The Morgan fingerprint density at radius 3 is 2.33 bits per heavy atom. The van der Waals surface area contributed by atoms with Gasteiger partial charge in [0.25, 0.3) is 0 Å². The Hall–Kier alpha value is -0.123.